The van der Waals surface area contributed by atoms with Gasteiger partial charge in [-0.15, -0.1) is 0 Å². The number of rotatable bonds is 7. The number of amides is 1. The first kappa shape index (κ1) is 16.1. The topological polar surface area (TPSA) is 92.5 Å². The maximum atomic E-state index is 11.8. The number of aliphatic hydroxyl groups excluding tert-OH is 1. The van der Waals surface area contributed by atoms with Crippen LogP contribution >= 0.6 is 0 Å². The van der Waals surface area contributed by atoms with E-state index in [0.717, 1.165) is 0 Å². The molecule has 110 valence electrons. The highest BCUT2D eigenvalue weighted by Gasteiger charge is 2.16. The Balaban J connectivity index is 2.53. The summed E-state index contributed by atoms with van der Waals surface area (Å²) in [5, 5.41) is 22.8. The summed E-state index contributed by atoms with van der Waals surface area (Å²) >= 11 is 0. The van der Waals surface area contributed by atoms with E-state index >= 15 is 0 Å². The minimum atomic E-state index is -0.487. The summed E-state index contributed by atoms with van der Waals surface area (Å²) in [7, 11) is 0. The smallest absolute Gasteiger partial charge is 0.273 e. The summed E-state index contributed by atoms with van der Waals surface area (Å²) in [5.74, 6) is -0.0959. The first-order valence-electron chi connectivity index (χ1n) is 6.57. The second kappa shape index (κ2) is 7.59. The molecule has 0 bridgehead atoms. The fourth-order valence-electron chi connectivity index (χ4n) is 2.03. The molecule has 1 aromatic rings. The summed E-state index contributed by atoms with van der Waals surface area (Å²) in [6, 6.07) is 6.21. The zero-order chi connectivity index (χ0) is 15.1. The van der Waals surface area contributed by atoms with Crippen molar-refractivity contribution in [1.82, 2.24) is 5.32 Å². The molecule has 1 aromatic carbocycles. The van der Waals surface area contributed by atoms with E-state index in [-0.39, 0.29) is 23.9 Å². The van der Waals surface area contributed by atoms with Gasteiger partial charge in [0.05, 0.1) is 17.4 Å². The Kier molecular flexibility index (Phi) is 6.11. The summed E-state index contributed by atoms with van der Waals surface area (Å²) in [6.07, 6.45) is 0.182. The van der Waals surface area contributed by atoms with Crippen molar-refractivity contribution in [2.45, 2.75) is 32.8 Å². The Morgan fingerprint density at radius 1 is 1.40 bits per heavy atom. The number of nitro benzene ring substituents is 1. The van der Waals surface area contributed by atoms with Crippen LogP contribution in [0.25, 0.3) is 0 Å². The van der Waals surface area contributed by atoms with Crippen LogP contribution in [0, 0.1) is 16.0 Å². The van der Waals surface area contributed by atoms with Crippen LogP contribution in [0.1, 0.15) is 25.8 Å². The number of aliphatic hydroxyl groups is 1. The summed E-state index contributed by atoms with van der Waals surface area (Å²) in [5.41, 5.74) is 0.359. The molecule has 0 saturated carbocycles. The third kappa shape index (κ3) is 5.36. The predicted octanol–water partition coefficient (Wildman–Crippen LogP) is 1.66. The fraction of sp³-hybridized carbons (Fsp3) is 0.500. The van der Waals surface area contributed by atoms with Gasteiger partial charge in [-0.1, -0.05) is 25.1 Å². The van der Waals surface area contributed by atoms with E-state index in [1.165, 1.54) is 6.07 Å². The highest BCUT2D eigenvalue weighted by atomic mass is 16.6. The molecular weight excluding hydrogens is 260 g/mol. The van der Waals surface area contributed by atoms with Crippen molar-refractivity contribution in [2.24, 2.45) is 5.92 Å². The van der Waals surface area contributed by atoms with Gasteiger partial charge >= 0.3 is 0 Å². The van der Waals surface area contributed by atoms with Gasteiger partial charge in [-0.2, -0.15) is 0 Å². The first-order chi connectivity index (χ1) is 9.40. The van der Waals surface area contributed by atoms with E-state index in [4.69, 9.17) is 0 Å². The molecule has 1 amide bonds. The Hall–Kier alpha value is -1.95. The maximum absolute atomic E-state index is 11.8. The largest absolute Gasteiger partial charge is 0.393 e. The van der Waals surface area contributed by atoms with Crippen LogP contribution in [0.2, 0.25) is 0 Å². The predicted molar refractivity (Wildman–Crippen MR) is 75.3 cm³/mol. The molecule has 0 aliphatic carbocycles. The molecule has 2 unspecified atom stereocenters. The molecule has 0 aliphatic rings. The molecule has 6 nitrogen and oxygen atoms in total. The standard InChI is InChI=1S/C14H20N2O4/c1-10(7-11(2)17)9-15-14(18)8-12-5-3-4-6-13(12)16(19)20/h3-6,10-11,17H,7-9H2,1-2H3,(H,15,18). The number of hydrogen-bond donors (Lipinski definition) is 2. The van der Waals surface area contributed by atoms with E-state index in [1.807, 2.05) is 6.92 Å². The lowest BCUT2D eigenvalue weighted by molar-refractivity contribution is -0.385. The molecule has 0 saturated heterocycles. The van der Waals surface area contributed by atoms with Crippen LogP contribution < -0.4 is 5.32 Å². The SMILES string of the molecule is CC(O)CC(C)CNC(=O)Cc1ccccc1[N+](=O)[O-]. The Labute approximate surface area is 118 Å². The van der Waals surface area contributed by atoms with Gasteiger partial charge in [0.1, 0.15) is 0 Å². The van der Waals surface area contributed by atoms with Gasteiger partial charge in [0.15, 0.2) is 0 Å². The van der Waals surface area contributed by atoms with E-state index in [1.54, 1.807) is 25.1 Å². The molecule has 2 atom stereocenters. The van der Waals surface area contributed by atoms with Gasteiger partial charge in [0.25, 0.3) is 5.69 Å². The van der Waals surface area contributed by atoms with Crippen LogP contribution in [-0.4, -0.2) is 28.6 Å². The summed E-state index contributed by atoms with van der Waals surface area (Å²) in [6.45, 7) is 4.08. The molecule has 20 heavy (non-hydrogen) atoms. The van der Waals surface area contributed by atoms with E-state index in [2.05, 4.69) is 5.32 Å². The Morgan fingerprint density at radius 3 is 2.65 bits per heavy atom. The fourth-order valence-corrected chi connectivity index (χ4v) is 2.03. The molecule has 0 fully saturated rings. The van der Waals surface area contributed by atoms with Crippen molar-refractivity contribution in [3.63, 3.8) is 0 Å². The van der Waals surface area contributed by atoms with Gasteiger partial charge in [0.2, 0.25) is 5.91 Å². The molecule has 0 spiro atoms. The quantitative estimate of drug-likeness (QED) is 0.587. The molecule has 6 heteroatoms. The van der Waals surface area contributed by atoms with Crippen LogP contribution in [-0.2, 0) is 11.2 Å². The normalized spacial score (nSPS) is 13.6. The first-order valence-corrected chi connectivity index (χ1v) is 6.57. The average Bonchev–Trinajstić information content (AvgIpc) is 2.36. The number of nitro groups is 1. The van der Waals surface area contributed by atoms with Crippen LogP contribution in [0.15, 0.2) is 24.3 Å². The van der Waals surface area contributed by atoms with E-state index in [9.17, 15) is 20.0 Å². The lowest BCUT2D eigenvalue weighted by Gasteiger charge is -2.14. The number of para-hydroxylation sites is 1. The zero-order valence-electron chi connectivity index (χ0n) is 11.7. The second-order valence-corrected chi connectivity index (χ2v) is 5.06. The van der Waals surface area contributed by atoms with Crippen LogP contribution in [0.3, 0.4) is 0 Å². The van der Waals surface area contributed by atoms with E-state index < -0.39 is 11.0 Å². The zero-order valence-corrected chi connectivity index (χ0v) is 11.7. The number of carbonyl (C=O) groups excluding carboxylic acids is 1. The lowest BCUT2D eigenvalue weighted by Crippen LogP contribution is -2.30. The second-order valence-electron chi connectivity index (χ2n) is 5.06. The highest BCUT2D eigenvalue weighted by molar-refractivity contribution is 5.79. The number of benzene rings is 1. The molecule has 1 rings (SSSR count). The third-order valence-corrected chi connectivity index (χ3v) is 2.93. The number of nitrogens with zero attached hydrogens (tertiary/aromatic N) is 1. The van der Waals surface area contributed by atoms with Crippen LogP contribution in [0.4, 0.5) is 5.69 Å². The molecule has 0 aliphatic heterocycles. The number of nitrogens with one attached hydrogen (secondary N) is 1. The van der Waals surface area contributed by atoms with Gasteiger partial charge in [0, 0.05) is 18.2 Å². The monoisotopic (exact) mass is 280 g/mol. The minimum absolute atomic E-state index is 0.0153. The molecule has 2 N–H and O–H groups in total. The number of carbonyl (C=O) groups is 1. The van der Waals surface area contributed by atoms with Crippen molar-refractivity contribution in [3.05, 3.63) is 39.9 Å². The molecule has 0 heterocycles. The van der Waals surface area contributed by atoms with Crippen molar-refractivity contribution in [1.29, 1.82) is 0 Å². The molecule has 0 aromatic heterocycles. The van der Waals surface area contributed by atoms with Crippen molar-refractivity contribution >= 4 is 11.6 Å². The molecule has 0 radical (unpaired) electrons. The van der Waals surface area contributed by atoms with Crippen molar-refractivity contribution < 1.29 is 14.8 Å². The summed E-state index contributed by atoms with van der Waals surface area (Å²) < 4.78 is 0. The van der Waals surface area contributed by atoms with E-state index in [0.29, 0.717) is 18.5 Å². The Bertz CT molecular complexity index is 474. The lowest BCUT2D eigenvalue weighted by atomic mass is 10.0. The number of hydrogen-bond acceptors (Lipinski definition) is 4. The maximum Gasteiger partial charge on any atom is 0.273 e. The van der Waals surface area contributed by atoms with Gasteiger partial charge in [-0.25, -0.2) is 0 Å². The van der Waals surface area contributed by atoms with Crippen LogP contribution in [0.5, 0.6) is 0 Å². The van der Waals surface area contributed by atoms with Gasteiger partial charge < -0.3 is 10.4 Å². The van der Waals surface area contributed by atoms with Crippen molar-refractivity contribution in [2.75, 3.05) is 6.54 Å². The van der Waals surface area contributed by atoms with Crippen molar-refractivity contribution in [3.8, 4) is 0 Å². The average molecular weight is 280 g/mol. The highest BCUT2D eigenvalue weighted by Crippen LogP contribution is 2.18. The van der Waals surface area contributed by atoms with Gasteiger partial charge in [-0.3, -0.25) is 14.9 Å². The third-order valence-electron chi connectivity index (χ3n) is 2.93. The Morgan fingerprint density at radius 2 is 2.05 bits per heavy atom. The minimum Gasteiger partial charge on any atom is -0.393 e. The summed E-state index contributed by atoms with van der Waals surface area (Å²) in [4.78, 5) is 22.1. The van der Waals surface area contributed by atoms with Gasteiger partial charge in [-0.05, 0) is 19.3 Å². The molecular formula is C14H20N2O4.